The minimum Gasteiger partial charge on any atom is -0.313 e. The number of nitrogens with one attached hydrogen (secondary N) is 1. The van der Waals surface area contributed by atoms with Crippen LogP contribution in [-0.2, 0) is 6.54 Å². The van der Waals surface area contributed by atoms with Crippen LogP contribution in [0.5, 0.6) is 0 Å². The molecule has 0 spiro atoms. The number of hydrogen-bond acceptors (Lipinski definition) is 3. The first-order chi connectivity index (χ1) is 9.68. The summed E-state index contributed by atoms with van der Waals surface area (Å²) in [4.78, 5) is 10.5. The summed E-state index contributed by atoms with van der Waals surface area (Å²) in [6.45, 7) is 1.65. The Bertz CT molecular complexity index is 459. The van der Waals surface area contributed by atoms with Crippen LogP contribution in [0.25, 0.3) is 0 Å². The van der Waals surface area contributed by atoms with Crippen molar-refractivity contribution in [2.24, 2.45) is 5.92 Å². The van der Waals surface area contributed by atoms with Crippen molar-refractivity contribution >= 4 is 21.6 Å². The van der Waals surface area contributed by atoms with Crippen molar-refractivity contribution in [3.63, 3.8) is 0 Å². The Morgan fingerprint density at radius 3 is 2.80 bits per heavy atom. The van der Waals surface area contributed by atoms with Crippen molar-refractivity contribution in [3.05, 3.63) is 38.3 Å². The molecule has 0 heterocycles. The molecule has 1 aliphatic rings. The lowest BCUT2D eigenvalue weighted by Crippen LogP contribution is -2.16. The lowest BCUT2D eigenvalue weighted by molar-refractivity contribution is -0.385. The fraction of sp³-hybridized carbons (Fsp3) is 0.600. The first-order valence-electron chi connectivity index (χ1n) is 7.31. The maximum Gasteiger partial charge on any atom is 0.283 e. The van der Waals surface area contributed by atoms with Gasteiger partial charge in [0.05, 0.1) is 9.40 Å². The van der Waals surface area contributed by atoms with Crippen LogP contribution in [0.3, 0.4) is 0 Å². The van der Waals surface area contributed by atoms with Gasteiger partial charge in [0.1, 0.15) is 0 Å². The van der Waals surface area contributed by atoms with Gasteiger partial charge in [-0.25, -0.2) is 0 Å². The molecule has 0 aliphatic heterocycles. The van der Waals surface area contributed by atoms with Gasteiger partial charge in [0, 0.05) is 12.6 Å². The Labute approximate surface area is 128 Å². The molecule has 20 heavy (non-hydrogen) atoms. The third-order valence-corrected chi connectivity index (χ3v) is 4.93. The van der Waals surface area contributed by atoms with E-state index in [4.69, 9.17) is 0 Å². The number of hydrogen-bond donors (Lipinski definition) is 1. The van der Waals surface area contributed by atoms with E-state index in [0.717, 1.165) is 18.0 Å². The van der Waals surface area contributed by atoms with Gasteiger partial charge in [0.25, 0.3) is 5.69 Å². The van der Waals surface area contributed by atoms with Crippen LogP contribution in [0.1, 0.15) is 44.1 Å². The molecule has 1 N–H and O–H groups in total. The van der Waals surface area contributed by atoms with Crippen molar-refractivity contribution in [2.75, 3.05) is 6.54 Å². The van der Waals surface area contributed by atoms with E-state index >= 15 is 0 Å². The van der Waals surface area contributed by atoms with E-state index in [1.165, 1.54) is 44.6 Å². The third-order valence-electron chi connectivity index (χ3n) is 4.01. The van der Waals surface area contributed by atoms with Crippen LogP contribution in [0, 0.1) is 16.0 Å². The minimum absolute atomic E-state index is 0.134. The highest BCUT2D eigenvalue weighted by atomic mass is 79.9. The molecule has 1 saturated carbocycles. The van der Waals surface area contributed by atoms with Crippen LogP contribution in [0.4, 0.5) is 5.69 Å². The van der Waals surface area contributed by atoms with Crippen LogP contribution in [0.2, 0.25) is 0 Å². The predicted molar refractivity (Wildman–Crippen MR) is 83.7 cm³/mol. The topological polar surface area (TPSA) is 55.2 Å². The molecular weight excluding hydrogens is 320 g/mol. The van der Waals surface area contributed by atoms with E-state index < -0.39 is 0 Å². The highest BCUT2D eigenvalue weighted by Crippen LogP contribution is 2.29. The van der Waals surface area contributed by atoms with Crippen molar-refractivity contribution in [1.29, 1.82) is 0 Å². The van der Waals surface area contributed by atoms with Gasteiger partial charge in [-0.15, -0.1) is 0 Å². The summed E-state index contributed by atoms with van der Waals surface area (Å²) in [5.41, 5.74) is 1.08. The highest BCUT2D eigenvalue weighted by Gasteiger charge is 2.15. The summed E-state index contributed by atoms with van der Waals surface area (Å²) in [6.07, 6.45) is 8.10. The SMILES string of the molecule is O=[N+]([O-])c1cccc(CNCCCC2CCCC2)c1Br. The molecule has 1 aromatic rings. The standard InChI is InChI=1S/C15H21BrN2O2/c16-15-13(8-3-9-14(15)18(19)20)11-17-10-4-7-12-5-1-2-6-12/h3,8-9,12,17H,1-2,4-7,10-11H2. The molecule has 0 aromatic heterocycles. The minimum atomic E-state index is -0.353. The van der Waals surface area contributed by atoms with E-state index in [1.807, 2.05) is 6.07 Å². The third kappa shape index (κ3) is 4.28. The van der Waals surface area contributed by atoms with Crippen LogP contribution in [-0.4, -0.2) is 11.5 Å². The number of halogens is 1. The predicted octanol–water partition coefficient (Wildman–Crippen LogP) is 4.42. The lowest BCUT2D eigenvalue weighted by atomic mass is 10.0. The molecule has 0 amide bonds. The molecule has 0 radical (unpaired) electrons. The highest BCUT2D eigenvalue weighted by molar-refractivity contribution is 9.10. The van der Waals surface area contributed by atoms with Gasteiger partial charge in [0.15, 0.2) is 0 Å². The fourth-order valence-corrected chi connectivity index (χ4v) is 3.43. The zero-order chi connectivity index (χ0) is 14.4. The molecule has 1 aromatic carbocycles. The van der Waals surface area contributed by atoms with Crippen molar-refractivity contribution in [1.82, 2.24) is 5.32 Å². The second-order valence-electron chi connectivity index (χ2n) is 5.48. The Morgan fingerprint density at radius 2 is 2.10 bits per heavy atom. The molecule has 0 unspecified atom stereocenters. The summed E-state index contributed by atoms with van der Waals surface area (Å²) in [6, 6.07) is 5.17. The molecule has 2 rings (SSSR count). The molecular formula is C15H21BrN2O2. The average Bonchev–Trinajstić information content (AvgIpc) is 2.93. The average molecular weight is 341 g/mol. The molecule has 110 valence electrons. The monoisotopic (exact) mass is 340 g/mol. The van der Waals surface area contributed by atoms with Gasteiger partial charge in [-0.05, 0) is 46.8 Å². The Morgan fingerprint density at radius 1 is 1.35 bits per heavy atom. The number of rotatable bonds is 7. The number of nitro groups is 1. The lowest BCUT2D eigenvalue weighted by Gasteiger charge is -2.10. The maximum absolute atomic E-state index is 10.9. The summed E-state index contributed by atoms with van der Waals surface area (Å²) in [5, 5.41) is 14.2. The van der Waals surface area contributed by atoms with Gasteiger partial charge >= 0.3 is 0 Å². The molecule has 0 atom stereocenters. The van der Waals surface area contributed by atoms with E-state index in [-0.39, 0.29) is 10.6 Å². The summed E-state index contributed by atoms with van der Waals surface area (Å²) in [5.74, 6) is 0.932. The van der Waals surface area contributed by atoms with Crippen LogP contribution >= 0.6 is 15.9 Å². The zero-order valence-corrected chi connectivity index (χ0v) is 13.2. The molecule has 4 nitrogen and oxygen atoms in total. The number of nitro benzene ring substituents is 1. The summed E-state index contributed by atoms with van der Waals surface area (Å²) in [7, 11) is 0. The smallest absolute Gasteiger partial charge is 0.283 e. The Hall–Kier alpha value is -0.940. The molecule has 0 bridgehead atoms. The quantitative estimate of drug-likeness (QED) is 0.454. The molecule has 5 heteroatoms. The summed E-state index contributed by atoms with van der Waals surface area (Å²) >= 11 is 3.32. The second kappa shape index (κ2) is 7.74. The van der Waals surface area contributed by atoms with E-state index in [9.17, 15) is 10.1 Å². The van der Waals surface area contributed by atoms with E-state index in [0.29, 0.717) is 11.0 Å². The molecule has 0 saturated heterocycles. The second-order valence-corrected chi connectivity index (χ2v) is 6.27. The van der Waals surface area contributed by atoms with Gasteiger partial charge in [-0.3, -0.25) is 10.1 Å². The van der Waals surface area contributed by atoms with E-state index in [2.05, 4.69) is 21.2 Å². The van der Waals surface area contributed by atoms with Gasteiger partial charge in [-0.2, -0.15) is 0 Å². The van der Waals surface area contributed by atoms with E-state index in [1.54, 1.807) is 6.07 Å². The Kier molecular flexibility index (Phi) is 5.98. The summed E-state index contributed by atoms with van der Waals surface area (Å²) < 4.78 is 0.591. The van der Waals surface area contributed by atoms with Crippen molar-refractivity contribution in [2.45, 2.75) is 45.1 Å². The first kappa shape index (κ1) is 15.4. The molecule has 1 fully saturated rings. The van der Waals surface area contributed by atoms with Gasteiger partial charge < -0.3 is 5.32 Å². The van der Waals surface area contributed by atoms with Crippen LogP contribution in [0.15, 0.2) is 22.7 Å². The number of nitrogens with zero attached hydrogens (tertiary/aromatic N) is 1. The first-order valence-corrected chi connectivity index (χ1v) is 8.10. The zero-order valence-electron chi connectivity index (χ0n) is 11.6. The van der Waals surface area contributed by atoms with Crippen LogP contribution < -0.4 is 5.32 Å². The fourth-order valence-electron chi connectivity index (χ4n) is 2.88. The van der Waals surface area contributed by atoms with Crippen molar-refractivity contribution in [3.8, 4) is 0 Å². The normalized spacial score (nSPS) is 15.7. The van der Waals surface area contributed by atoms with Gasteiger partial charge in [0.2, 0.25) is 0 Å². The van der Waals surface area contributed by atoms with Gasteiger partial charge in [-0.1, -0.05) is 37.8 Å². The maximum atomic E-state index is 10.9. The Balaban J connectivity index is 1.73. The largest absolute Gasteiger partial charge is 0.313 e. The number of benzene rings is 1. The molecule has 1 aliphatic carbocycles. The van der Waals surface area contributed by atoms with Crippen molar-refractivity contribution < 1.29 is 4.92 Å².